The first kappa shape index (κ1) is 23.8. The maximum atomic E-state index is 12.6. The van der Waals surface area contributed by atoms with Crippen LogP contribution in [0.3, 0.4) is 0 Å². The van der Waals surface area contributed by atoms with E-state index in [0.717, 1.165) is 50.6 Å². The maximum Gasteiger partial charge on any atom is 0.227 e. The van der Waals surface area contributed by atoms with Crippen LogP contribution in [-0.4, -0.2) is 10.2 Å². The molecule has 4 rings (SSSR count). The number of aliphatic hydroxyl groups is 1. The van der Waals surface area contributed by atoms with Gasteiger partial charge in [-0.25, -0.2) is 0 Å². The highest BCUT2D eigenvalue weighted by molar-refractivity contribution is 5.80. The molecule has 0 bridgehead atoms. The molecule has 0 aliphatic heterocycles. The van der Waals surface area contributed by atoms with Crippen molar-refractivity contribution in [1.29, 1.82) is 0 Å². The molecule has 2 aliphatic carbocycles. The molecule has 0 saturated heterocycles. The molecule has 0 saturated carbocycles. The summed E-state index contributed by atoms with van der Waals surface area (Å²) >= 11 is 0. The Balaban J connectivity index is 2.08. The minimum absolute atomic E-state index is 0.128. The number of hydrogen-bond acceptors (Lipinski definition) is 4. The molecule has 0 radical (unpaired) electrons. The van der Waals surface area contributed by atoms with Crippen molar-refractivity contribution in [3.05, 3.63) is 109 Å². The van der Waals surface area contributed by atoms with Crippen LogP contribution < -0.4 is 5.43 Å². The second kappa shape index (κ2) is 9.11. The number of fused-ring (bicyclic) bond motifs is 1. The van der Waals surface area contributed by atoms with E-state index in [0.29, 0.717) is 5.92 Å². The smallest absolute Gasteiger partial charge is 0.227 e. The van der Waals surface area contributed by atoms with Crippen LogP contribution in [0.5, 0.6) is 5.75 Å². The van der Waals surface area contributed by atoms with Crippen LogP contribution in [0.1, 0.15) is 76.1 Å². The highest BCUT2D eigenvalue weighted by Gasteiger charge is 2.30. The summed E-state index contributed by atoms with van der Waals surface area (Å²) in [5.41, 5.74) is 9.31. The average molecular weight is 457 g/mol. The van der Waals surface area contributed by atoms with Gasteiger partial charge in [0.15, 0.2) is 5.76 Å². The van der Waals surface area contributed by atoms with Crippen molar-refractivity contribution in [1.82, 2.24) is 0 Å². The molecule has 1 atom stereocenters. The first-order chi connectivity index (χ1) is 16.1. The Labute approximate surface area is 200 Å². The highest BCUT2D eigenvalue weighted by Crippen LogP contribution is 2.46. The number of hydrogen-bond donors (Lipinski definition) is 2. The van der Waals surface area contributed by atoms with Gasteiger partial charge in [0.05, 0.1) is 5.92 Å². The molecule has 1 aromatic heterocycles. The van der Waals surface area contributed by atoms with Crippen LogP contribution in [0.2, 0.25) is 0 Å². The fourth-order valence-corrected chi connectivity index (χ4v) is 4.71. The van der Waals surface area contributed by atoms with Gasteiger partial charge in [-0.2, -0.15) is 0 Å². The quantitative estimate of drug-likeness (QED) is 0.361. The summed E-state index contributed by atoms with van der Waals surface area (Å²) in [7, 11) is 0. The second-order valence-electron chi connectivity index (χ2n) is 9.61. The molecule has 1 unspecified atom stereocenters. The first-order valence-corrected chi connectivity index (χ1v) is 11.7. The van der Waals surface area contributed by atoms with E-state index in [1.807, 2.05) is 19.1 Å². The zero-order valence-corrected chi connectivity index (χ0v) is 20.7. The second-order valence-corrected chi connectivity index (χ2v) is 9.61. The lowest BCUT2D eigenvalue weighted by Gasteiger charge is -2.21. The van der Waals surface area contributed by atoms with Gasteiger partial charge in [0.1, 0.15) is 12.4 Å². The Morgan fingerprint density at radius 2 is 1.50 bits per heavy atom. The average Bonchev–Trinajstić information content (AvgIpc) is 2.99. The van der Waals surface area contributed by atoms with Crippen molar-refractivity contribution in [2.24, 2.45) is 0 Å². The predicted molar refractivity (Wildman–Crippen MR) is 136 cm³/mol. The lowest BCUT2D eigenvalue weighted by atomic mass is 9.85. The van der Waals surface area contributed by atoms with Crippen LogP contribution in [-0.2, 0) is 6.61 Å². The molecule has 0 amide bonds. The van der Waals surface area contributed by atoms with Gasteiger partial charge in [-0.1, -0.05) is 56.3 Å². The summed E-state index contributed by atoms with van der Waals surface area (Å²) in [6.07, 6.45) is 0. The standard InChI is InChI=1S/C30H32O4/c1-16(2)21-9-8-18(4)27-24(13-21)20(6)12-25(27)28(22-10-7-17(3)19(5)11-22)30-29(33)26(32)14-23(15-31)34-30/h7-14,16,28,31,33H,15H2,1-6H3. The van der Waals surface area contributed by atoms with Crippen LogP contribution >= 0.6 is 0 Å². The van der Waals surface area contributed by atoms with Crippen LogP contribution in [0.15, 0.2) is 57.7 Å². The van der Waals surface area contributed by atoms with E-state index in [2.05, 4.69) is 65.0 Å². The summed E-state index contributed by atoms with van der Waals surface area (Å²) in [6.45, 7) is 12.2. The Bertz CT molecular complexity index is 1390. The minimum Gasteiger partial charge on any atom is -0.502 e. The van der Waals surface area contributed by atoms with Gasteiger partial charge >= 0.3 is 0 Å². The number of aliphatic hydroxyl groups excluding tert-OH is 1. The molecule has 2 aromatic rings. The van der Waals surface area contributed by atoms with Crippen LogP contribution in [0.4, 0.5) is 0 Å². The molecule has 1 heterocycles. The molecule has 0 fully saturated rings. The van der Waals surface area contributed by atoms with E-state index in [-0.39, 0.29) is 11.5 Å². The normalized spacial score (nSPS) is 12.5. The number of rotatable bonds is 5. The summed E-state index contributed by atoms with van der Waals surface area (Å²) in [5, 5.41) is 20.6. The Morgan fingerprint density at radius 1 is 0.824 bits per heavy atom. The fourth-order valence-electron chi connectivity index (χ4n) is 4.71. The van der Waals surface area contributed by atoms with Gasteiger partial charge < -0.3 is 14.6 Å². The fraction of sp³-hybridized carbons (Fsp3) is 0.300. The third-order valence-electron chi connectivity index (χ3n) is 6.85. The molecule has 2 aliphatic rings. The van der Waals surface area contributed by atoms with E-state index < -0.39 is 23.7 Å². The number of aryl methyl sites for hydroxylation is 4. The number of benzene rings is 1. The van der Waals surface area contributed by atoms with Gasteiger partial charge in [0.25, 0.3) is 0 Å². The molecular formula is C30H32O4. The molecule has 4 nitrogen and oxygen atoms in total. The Kier molecular flexibility index (Phi) is 6.37. The predicted octanol–water partition coefficient (Wildman–Crippen LogP) is 6.48. The minimum atomic E-state index is -0.559. The Morgan fingerprint density at radius 3 is 2.15 bits per heavy atom. The van der Waals surface area contributed by atoms with Gasteiger partial charge in [-0.15, -0.1) is 0 Å². The topological polar surface area (TPSA) is 70.7 Å². The molecule has 4 heteroatoms. The molecule has 176 valence electrons. The van der Waals surface area contributed by atoms with Crippen molar-refractivity contribution in [3.63, 3.8) is 0 Å². The molecule has 34 heavy (non-hydrogen) atoms. The van der Waals surface area contributed by atoms with Crippen molar-refractivity contribution in [3.8, 4) is 16.9 Å². The Hall–Kier alpha value is -3.37. The largest absolute Gasteiger partial charge is 0.502 e. The van der Waals surface area contributed by atoms with E-state index in [1.165, 1.54) is 5.56 Å². The first-order valence-electron chi connectivity index (χ1n) is 11.7. The summed E-state index contributed by atoms with van der Waals surface area (Å²) in [4.78, 5) is 12.6. The summed E-state index contributed by atoms with van der Waals surface area (Å²) in [6, 6.07) is 16.0. The van der Waals surface area contributed by atoms with Gasteiger partial charge in [0, 0.05) is 6.07 Å². The van der Waals surface area contributed by atoms with Crippen molar-refractivity contribution in [2.75, 3.05) is 0 Å². The van der Waals surface area contributed by atoms with E-state index in [1.54, 1.807) is 0 Å². The van der Waals surface area contributed by atoms with Crippen molar-refractivity contribution < 1.29 is 14.6 Å². The molecule has 1 aromatic carbocycles. The lowest BCUT2D eigenvalue weighted by molar-refractivity contribution is 0.235. The summed E-state index contributed by atoms with van der Waals surface area (Å²) in [5.74, 6) is -0.275. The van der Waals surface area contributed by atoms with Crippen LogP contribution in [0, 0.1) is 27.7 Å². The van der Waals surface area contributed by atoms with E-state index >= 15 is 0 Å². The molecular weight excluding hydrogens is 424 g/mol. The van der Waals surface area contributed by atoms with Crippen molar-refractivity contribution in [2.45, 2.75) is 60.0 Å². The number of aromatic hydroxyl groups is 1. The third-order valence-corrected chi connectivity index (χ3v) is 6.85. The zero-order valence-electron chi connectivity index (χ0n) is 20.7. The van der Waals surface area contributed by atoms with Gasteiger partial charge in [-0.05, 0) is 83.7 Å². The van der Waals surface area contributed by atoms with Gasteiger partial charge in [0.2, 0.25) is 11.2 Å². The zero-order chi connectivity index (χ0) is 24.7. The summed E-state index contributed by atoms with van der Waals surface area (Å²) < 4.78 is 5.96. The molecule has 2 N–H and O–H groups in total. The monoisotopic (exact) mass is 456 g/mol. The SMILES string of the molecule is Cc1ccc(C(c2cc(C)c3cc(C(C)C)ccc(C)c2-3)c2oc(CO)cc(=O)c2O)cc1C. The van der Waals surface area contributed by atoms with Crippen LogP contribution in [0.25, 0.3) is 11.1 Å². The maximum absolute atomic E-state index is 12.6. The van der Waals surface area contributed by atoms with E-state index in [9.17, 15) is 15.0 Å². The highest BCUT2D eigenvalue weighted by atomic mass is 16.4. The van der Waals surface area contributed by atoms with Crippen molar-refractivity contribution >= 4 is 0 Å². The lowest BCUT2D eigenvalue weighted by Crippen LogP contribution is -2.11. The molecule has 0 spiro atoms. The van der Waals surface area contributed by atoms with Gasteiger partial charge in [-0.3, -0.25) is 4.79 Å². The third kappa shape index (κ3) is 4.14. The van der Waals surface area contributed by atoms with E-state index in [4.69, 9.17) is 4.42 Å².